The number of carbonyl (C=O) groups is 2. The number of anilines is 2. The molecule has 0 radical (unpaired) electrons. The molecule has 7 N–H and O–H groups in total. The van der Waals surface area contributed by atoms with Crippen LogP contribution in [0.2, 0.25) is 0 Å². The lowest BCUT2D eigenvalue weighted by Crippen LogP contribution is -2.22. The monoisotopic (exact) mass is 454 g/mol. The molecule has 0 spiro atoms. The minimum absolute atomic E-state index is 0.0342. The van der Waals surface area contributed by atoms with Gasteiger partial charge in [-0.25, -0.2) is 28.7 Å². The first kappa shape index (κ1) is 22.9. The van der Waals surface area contributed by atoms with Gasteiger partial charge >= 0.3 is 6.09 Å². The van der Waals surface area contributed by atoms with Crippen molar-refractivity contribution < 1.29 is 24.2 Å². The SMILES string of the molecule is Nc1nc(-c2nc(Cc3ccccc3F)n3ncccc23)nc(N)c1CNC(=O)O.O=CO. The Morgan fingerprint density at radius 3 is 2.42 bits per heavy atom. The lowest BCUT2D eigenvalue weighted by Gasteiger charge is -2.09. The van der Waals surface area contributed by atoms with Gasteiger partial charge in [-0.1, -0.05) is 18.2 Å². The molecule has 0 atom stereocenters. The lowest BCUT2D eigenvalue weighted by molar-refractivity contribution is -0.122. The van der Waals surface area contributed by atoms with Gasteiger partial charge in [-0.2, -0.15) is 5.10 Å². The number of aromatic nitrogens is 5. The molecule has 170 valence electrons. The van der Waals surface area contributed by atoms with Gasteiger partial charge in [0, 0.05) is 12.6 Å². The number of hydrogen-bond acceptors (Lipinski definition) is 8. The van der Waals surface area contributed by atoms with Crippen LogP contribution in [0.4, 0.5) is 20.8 Å². The topological polar surface area (TPSA) is 195 Å². The van der Waals surface area contributed by atoms with E-state index in [1.54, 1.807) is 41.0 Å². The smallest absolute Gasteiger partial charge is 0.404 e. The summed E-state index contributed by atoms with van der Waals surface area (Å²) in [4.78, 5) is 32.2. The third kappa shape index (κ3) is 5.10. The van der Waals surface area contributed by atoms with Gasteiger partial charge in [-0.05, 0) is 23.8 Å². The number of hydrogen-bond donors (Lipinski definition) is 5. The Hall–Kier alpha value is -4.81. The van der Waals surface area contributed by atoms with Gasteiger partial charge in [-0.3, -0.25) is 4.79 Å². The van der Waals surface area contributed by atoms with E-state index in [9.17, 15) is 9.18 Å². The molecule has 0 saturated carbocycles. The first-order valence-corrected chi connectivity index (χ1v) is 9.38. The fraction of sp³-hybridized carbons (Fsp3) is 0.100. The average molecular weight is 454 g/mol. The summed E-state index contributed by atoms with van der Waals surface area (Å²) in [5.74, 6) is 0.378. The summed E-state index contributed by atoms with van der Waals surface area (Å²) in [6.07, 6.45) is 0.575. The van der Waals surface area contributed by atoms with E-state index < -0.39 is 6.09 Å². The van der Waals surface area contributed by atoms with Crippen LogP contribution >= 0.6 is 0 Å². The number of nitrogens with zero attached hydrogens (tertiary/aromatic N) is 5. The number of amides is 1. The van der Waals surface area contributed by atoms with Crippen molar-refractivity contribution in [3.05, 3.63) is 65.4 Å². The molecule has 0 fully saturated rings. The van der Waals surface area contributed by atoms with Crippen LogP contribution < -0.4 is 16.8 Å². The molecule has 1 aromatic carbocycles. The molecule has 0 unspecified atom stereocenters. The van der Waals surface area contributed by atoms with Gasteiger partial charge in [0.25, 0.3) is 6.47 Å². The van der Waals surface area contributed by atoms with Gasteiger partial charge < -0.3 is 27.0 Å². The van der Waals surface area contributed by atoms with E-state index >= 15 is 0 Å². The molecule has 12 nitrogen and oxygen atoms in total. The summed E-state index contributed by atoms with van der Waals surface area (Å²) in [7, 11) is 0. The maximum Gasteiger partial charge on any atom is 0.404 e. The van der Waals surface area contributed by atoms with Crippen molar-refractivity contribution in [2.24, 2.45) is 0 Å². The largest absolute Gasteiger partial charge is 0.483 e. The second kappa shape index (κ2) is 10.00. The molecule has 1 amide bonds. The van der Waals surface area contributed by atoms with Gasteiger partial charge in [0.15, 0.2) is 5.82 Å². The highest BCUT2D eigenvalue weighted by Crippen LogP contribution is 2.26. The average Bonchev–Trinajstić information content (AvgIpc) is 3.14. The maximum atomic E-state index is 14.1. The molecule has 13 heteroatoms. The minimum Gasteiger partial charge on any atom is -0.483 e. The number of nitrogen functional groups attached to an aromatic ring is 2. The molecule has 4 aromatic rings. The van der Waals surface area contributed by atoms with E-state index in [0.717, 1.165) is 0 Å². The van der Waals surface area contributed by atoms with E-state index in [-0.39, 0.29) is 48.3 Å². The number of nitrogens with two attached hydrogens (primary N) is 2. The molecular formula is C20H19FN8O4. The number of rotatable bonds is 5. The fourth-order valence-corrected chi connectivity index (χ4v) is 3.05. The summed E-state index contributed by atoms with van der Waals surface area (Å²) < 4.78 is 15.7. The summed E-state index contributed by atoms with van der Waals surface area (Å²) in [6, 6.07) is 9.92. The predicted molar refractivity (Wildman–Crippen MR) is 116 cm³/mol. The maximum absolute atomic E-state index is 14.1. The summed E-state index contributed by atoms with van der Waals surface area (Å²) in [5.41, 5.74) is 13.7. The quantitative estimate of drug-likeness (QED) is 0.276. The van der Waals surface area contributed by atoms with E-state index in [4.69, 9.17) is 26.5 Å². The van der Waals surface area contributed by atoms with Gasteiger partial charge in [0.2, 0.25) is 0 Å². The Morgan fingerprint density at radius 1 is 1.12 bits per heavy atom. The molecule has 3 heterocycles. The van der Waals surface area contributed by atoms with Crippen molar-refractivity contribution >= 4 is 29.7 Å². The van der Waals surface area contributed by atoms with Crippen molar-refractivity contribution in [3.8, 4) is 11.5 Å². The van der Waals surface area contributed by atoms with Crippen molar-refractivity contribution in [2.45, 2.75) is 13.0 Å². The molecule has 0 aliphatic carbocycles. The molecule has 33 heavy (non-hydrogen) atoms. The van der Waals surface area contributed by atoms with Crippen LogP contribution in [0.3, 0.4) is 0 Å². The Morgan fingerprint density at radius 2 is 1.79 bits per heavy atom. The highest BCUT2D eigenvalue weighted by molar-refractivity contribution is 5.75. The second-order valence-electron chi connectivity index (χ2n) is 6.53. The van der Waals surface area contributed by atoms with Crippen LogP contribution in [0.1, 0.15) is 17.0 Å². The fourth-order valence-electron chi connectivity index (χ4n) is 3.05. The summed E-state index contributed by atoms with van der Waals surface area (Å²) in [5, 5.41) is 22.1. The van der Waals surface area contributed by atoms with E-state index in [2.05, 4.69) is 25.4 Å². The first-order chi connectivity index (χ1) is 15.8. The molecule has 0 bridgehead atoms. The number of fused-ring (bicyclic) bond motifs is 1. The van der Waals surface area contributed by atoms with E-state index in [1.807, 2.05) is 0 Å². The van der Waals surface area contributed by atoms with Crippen LogP contribution in [-0.2, 0) is 17.8 Å². The third-order valence-corrected chi connectivity index (χ3v) is 4.48. The van der Waals surface area contributed by atoms with Crippen molar-refractivity contribution in [1.82, 2.24) is 29.9 Å². The van der Waals surface area contributed by atoms with Crippen molar-refractivity contribution in [3.63, 3.8) is 0 Å². The Bertz CT molecular complexity index is 1290. The van der Waals surface area contributed by atoms with Crippen LogP contribution in [0, 0.1) is 5.82 Å². The van der Waals surface area contributed by atoms with E-state index in [0.29, 0.717) is 22.6 Å². The zero-order valence-corrected chi connectivity index (χ0v) is 17.0. The molecule has 4 rings (SSSR count). The normalized spacial score (nSPS) is 10.3. The standard InChI is InChI=1S/C19H17FN8O2.CH2O2/c20-12-5-2-1-4-10(12)8-14-25-15(13-6-3-7-24-28(13)14)18-26-16(21)11(17(22)27-18)9-23-19(29)30;2-1-3/h1-7,23H,8-9H2,(H,29,30)(H4,21,22,26,27);1H,(H,2,3). The van der Waals surface area contributed by atoms with Crippen LogP contribution in [0.15, 0.2) is 42.6 Å². The van der Waals surface area contributed by atoms with Crippen LogP contribution in [-0.4, -0.2) is 47.3 Å². The zero-order chi connectivity index (χ0) is 24.0. The summed E-state index contributed by atoms with van der Waals surface area (Å²) >= 11 is 0. The number of halogens is 1. The number of imidazole rings is 1. The van der Waals surface area contributed by atoms with Crippen molar-refractivity contribution in [1.29, 1.82) is 0 Å². The number of benzene rings is 1. The predicted octanol–water partition coefficient (Wildman–Crippen LogP) is 1.55. The number of carboxylic acid groups (broad SMARTS) is 2. The lowest BCUT2D eigenvalue weighted by atomic mass is 10.1. The third-order valence-electron chi connectivity index (χ3n) is 4.48. The molecule has 0 aliphatic rings. The summed E-state index contributed by atoms with van der Waals surface area (Å²) in [6.45, 7) is -0.378. The Labute approximate surface area is 185 Å². The molecule has 3 aromatic heterocycles. The highest BCUT2D eigenvalue weighted by atomic mass is 19.1. The van der Waals surface area contributed by atoms with Crippen LogP contribution in [0.5, 0.6) is 0 Å². The van der Waals surface area contributed by atoms with Crippen LogP contribution in [0.25, 0.3) is 17.0 Å². The highest BCUT2D eigenvalue weighted by Gasteiger charge is 2.19. The number of nitrogens with one attached hydrogen (secondary N) is 1. The second-order valence-corrected chi connectivity index (χ2v) is 6.53. The van der Waals surface area contributed by atoms with Gasteiger partial charge in [0.05, 0.1) is 17.6 Å². The van der Waals surface area contributed by atoms with Gasteiger partial charge in [-0.15, -0.1) is 0 Å². The first-order valence-electron chi connectivity index (χ1n) is 9.38. The Kier molecular flexibility index (Phi) is 6.93. The molecule has 0 saturated heterocycles. The van der Waals surface area contributed by atoms with E-state index in [1.165, 1.54) is 6.07 Å². The molecule has 0 aliphatic heterocycles. The van der Waals surface area contributed by atoms with Gasteiger partial charge in [0.1, 0.15) is 29.0 Å². The van der Waals surface area contributed by atoms with Crippen molar-refractivity contribution in [2.75, 3.05) is 11.5 Å². The zero-order valence-electron chi connectivity index (χ0n) is 17.0. The molecular weight excluding hydrogens is 435 g/mol. The Balaban J connectivity index is 0.000000968. The minimum atomic E-state index is -1.22.